The van der Waals surface area contributed by atoms with E-state index in [0.717, 1.165) is 4.90 Å². The molecule has 3 aliphatic rings. The fourth-order valence-electron chi connectivity index (χ4n) is 8.89. The summed E-state index contributed by atoms with van der Waals surface area (Å²) in [4.78, 5) is 101. The quantitative estimate of drug-likeness (QED) is 0.0321. The number of hydrogen-bond acceptors (Lipinski definition) is 15. The highest BCUT2D eigenvalue weighted by Crippen LogP contribution is 2.32. The Labute approximate surface area is 448 Å². The van der Waals surface area contributed by atoms with Gasteiger partial charge in [0.15, 0.2) is 0 Å². The molecular formula is C51H70N10O14S2. The Morgan fingerprint density at radius 3 is 1.86 bits per heavy atom. The SMILES string of the molecule is COc1cc(C)c(S(=O)(=O)NCc2ccc(CN3C(=O)[C@H]4CNC(=O)[C@H](CC(=O)OC(C)(C)C)NC(=O)CNC(=O)[C@H](CCCN=C(N)NS(=O)(=O)c5c(C)cc(OC)c(C)c5C)NC(=O)C[C@H]3C(=O)N4)cc2)c(C)c1C. The summed E-state index contributed by atoms with van der Waals surface area (Å²) in [6.07, 6.45) is -1.46. The molecule has 3 aromatic rings. The third-order valence-corrected chi connectivity index (χ3v) is 16.2. The fraction of sp³-hybridized carbons (Fsp3) is 0.490. The maximum absolute atomic E-state index is 14.4. The number of methoxy groups -OCH3 is 2. The zero-order valence-electron chi connectivity index (χ0n) is 45.1. The molecule has 3 aliphatic heterocycles. The number of nitrogens with zero attached hydrogens (tertiary/aromatic N) is 2. The average molecular weight is 1110 g/mol. The van der Waals surface area contributed by atoms with Crippen LogP contribution in [-0.4, -0.2) is 133 Å². The number of fused-ring (bicyclic) bond motifs is 14. The van der Waals surface area contributed by atoms with E-state index < -0.39 is 123 Å². The minimum atomic E-state index is -4.22. The molecule has 0 unspecified atom stereocenters. The van der Waals surface area contributed by atoms with Gasteiger partial charge in [0, 0.05) is 26.2 Å². The van der Waals surface area contributed by atoms with E-state index in [2.05, 4.69) is 41.0 Å². The van der Waals surface area contributed by atoms with Crippen molar-refractivity contribution in [3.05, 3.63) is 80.9 Å². The number of aliphatic imine (C=N–C) groups is 1. The molecule has 3 fully saturated rings. The number of ether oxygens (including phenoxy) is 3. The van der Waals surface area contributed by atoms with Crippen molar-refractivity contribution in [2.75, 3.05) is 33.9 Å². The van der Waals surface area contributed by atoms with Gasteiger partial charge in [-0.3, -0.25) is 38.6 Å². The van der Waals surface area contributed by atoms with Crippen molar-refractivity contribution >= 4 is 67.4 Å². The highest BCUT2D eigenvalue weighted by atomic mass is 32.2. The van der Waals surface area contributed by atoms with Gasteiger partial charge in [0.25, 0.3) is 10.0 Å². The van der Waals surface area contributed by atoms with Crippen LogP contribution in [0.1, 0.15) is 91.0 Å². The van der Waals surface area contributed by atoms with Gasteiger partial charge in [0.2, 0.25) is 51.4 Å². The average Bonchev–Trinajstić information content (AvgIpc) is 3.34. The largest absolute Gasteiger partial charge is 0.496 e. The van der Waals surface area contributed by atoms with Crippen LogP contribution in [0.5, 0.6) is 11.5 Å². The van der Waals surface area contributed by atoms with Gasteiger partial charge >= 0.3 is 5.97 Å². The standard InChI is InChI=1S/C51H70N10O14S2/c1-27-19-39(73-10)29(3)31(5)44(27)76(69,70)56-23-33-14-16-34(17-15-33)26-61-38-22-41(62)57-35(13-12-18-53-50(52)60-77(71,72)45-28(2)20-40(74-11)30(4)32(45)6)46(65)55-25-42(63)58-36(21-43(64)75-51(7,8)9)47(66)54-24-37(49(61)68)59-48(38)67/h14-17,19-20,35-38,56H,12-13,18,21-26H2,1-11H3,(H,54,66)(H,55,65)(H,57,62)(H,58,63)(H,59,67)(H3,52,53,60)/t35-,36-,37+,38-/m0/s1. The predicted molar refractivity (Wildman–Crippen MR) is 282 cm³/mol. The molecule has 0 radical (unpaired) electrons. The maximum Gasteiger partial charge on any atom is 0.308 e. The number of amides is 6. The molecule has 6 rings (SSSR count). The van der Waals surface area contributed by atoms with E-state index in [1.54, 1.807) is 98.7 Å². The van der Waals surface area contributed by atoms with Crippen molar-refractivity contribution in [1.29, 1.82) is 0 Å². The van der Waals surface area contributed by atoms with Gasteiger partial charge in [-0.25, -0.2) is 26.3 Å². The van der Waals surface area contributed by atoms with E-state index in [0.29, 0.717) is 56.0 Å². The van der Waals surface area contributed by atoms with E-state index in [1.807, 2.05) is 0 Å². The Kier molecular flexibility index (Phi) is 19.8. The Balaban J connectivity index is 1.39. The molecule has 4 atom stereocenters. The van der Waals surface area contributed by atoms with Crippen molar-refractivity contribution in [2.45, 2.75) is 141 Å². The second-order valence-corrected chi connectivity index (χ2v) is 23.2. The summed E-state index contributed by atoms with van der Waals surface area (Å²) in [5.74, 6) is -5.31. The van der Waals surface area contributed by atoms with Crippen LogP contribution in [0.2, 0.25) is 0 Å². The molecule has 3 aromatic carbocycles. The number of hydrogen-bond donors (Lipinski definition) is 8. The summed E-state index contributed by atoms with van der Waals surface area (Å²) < 4.78 is 75.1. The Bertz CT molecular complexity index is 3050. The first-order chi connectivity index (χ1) is 36.0. The summed E-state index contributed by atoms with van der Waals surface area (Å²) in [6, 6.07) is 3.92. The number of benzene rings is 3. The number of aryl methyl sites for hydroxylation is 2. The van der Waals surface area contributed by atoms with Crippen LogP contribution < -0.4 is 51.2 Å². The summed E-state index contributed by atoms with van der Waals surface area (Å²) in [5.41, 5.74) is 9.24. The Morgan fingerprint density at radius 1 is 0.740 bits per heavy atom. The van der Waals surface area contributed by atoms with Crippen LogP contribution in [0.25, 0.3) is 0 Å². The highest BCUT2D eigenvalue weighted by molar-refractivity contribution is 7.90. The second-order valence-electron chi connectivity index (χ2n) is 19.8. The van der Waals surface area contributed by atoms with Crippen molar-refractivity contribution in [3.8, 4) is 11.5 Å². The summed E-state index contributed by atoms with van der Waals surface area (Å²) in [5, 5.41) is 12.5. The molecule has 0 aromatic heterocycles. The molecule has 0 aliphatic carbocycles. The third-order valence-electron chi connectivity index (χ3n) is 12.9. The lowest BCUT2D eigenvalue weighted by Gasteiger charge is -2.39. The van der Waals surface area contributed by atoms with Crippen LogP contribution in [0.15, 0.2) is 51.2 Å². The highest BCUT2D eigenvalue weighted by Gasteiger charge is 2.43. The Hall–Kier alpha value is -7.32. The lowest BCUT2D eigenvalue weighted by molar-refractivity contribution is -0.156. The molecule has 26 heteroatoms. The molecular weight excluding hydrogens is 1040 g/mol. The molecule has 0 spiro atoms. The molecule has 77 heavy (non-hydrogen) atoms. The van der Waals surface area contributed by atoms with Gasteiger partial charge in [-0.2, -0.15) is 0 Å². The van der Waals surface area contributed by atoms with Crippen molar-refractivity contribution in [3.63, 3.8) is 0 Å². The number of rotatable bonds is 16. The minimum Gasteiger partial charge on any atom is -0.496 e. The van der Waals surface area contributed by atoms with E-state index in [4.69, 9.17) is 19.9 Å². The zero-order valence-corrected chi connectivity index (χ0v) is 46.8. The van der Waals surface area contributed by atoms with Gasteiger partial charge < -0.3 is 51.4 Å². The number of guanidine groups is 1. The van der Waals surface area contributed by atoms with E-state index in [-0.39, 0.29) is 42.3 Å². The predicted octanol–water partition coefficient (Wildman–Crippen LogP) is 0.639. The number of nitrogens with one attached hydrogen (secondary N) is 7. The first kappa shape index (κ1) is 60.5. The van der Waals surface area contributed by atoms with E-state index in [9.17, 15) is 50.4 Å². The summed E-state index contributed by atoms with van der Waals surface area (Å²) >= 11 is 0. The number of carbonyl (C=O) groups is 7. The number of carbonyl (C=O) groups excluding carboxylic acids is 7. The van der Waals surface area contributed by atoms with Gasteiger partial charge in [-0.05, 0) is 132 Å². The number of sulfonamides is 2. The van der Waals surface area contributed by atoms with Gasteiger partial charge in [-0.15, -0.1) is 0 Å². The molecule has 0 saturated carbocycles. The van der Waals surface area contributed by atoms with Crippen molar-refractivity contribution in [1.82, 2.24) is 40.9 Å². The molecule has 9 N–H and O–H groups in total. The normalized spacial score (nSPS) is 19.3. The minimum absolute atomic E-state index is 0.0128. The van der Waals surface area contributed by atoms with Crippen LogP contribution in [-0.2, 0) is 71.4 Å². The van der Waals surface area contributed by atoms with Crippen LogP contribution in [0.3, 0.4) is 0 Å². The number of piperazine rings is 1. The zero-order chi connectivity index (χ0) is 57.3. The van der Waals surface area contributed by atoms with E-state index in [1.165, 1.54) is 14.2 Å². The molecule has 24 nitrogen and oxygen atoms in total. The molecule has 3 saturated heterocycles. The van der Waals surface area contributed by atoms with Gasteiger partial charge in [0.1, 0.15) is 41.3 Å². The molecule has 2 bridgehead atoms. The summed E-state index contributed by atoms with van der Waals surface area (Å²) in [6.45, 7) is 13.2. The third kappa shape index (κ3) is 15.7. The van der Waals surface area contributed by atoms with Gasteiger partial charge in [0.05, 0.1) is 43.4 Å². The second kappa shape index (κ2) is 25.2. The lowest BCUT2D eigenvalue weighted by atomic mass is 10.0. The van der Waals surface area contributed by atoms with E-state index >= 15 is 0 Å². The molecule has 6 amide bonds. The first-order valence-electron chi connectivity index (χ1n) is 24.6. The van der Waals surface area contributed by atoms with Crippen LogP contribution in [0, 0.1) is 41.5 Å². The molecule has 3 heterocycles. The van der Waals surface area contributed by atoms with Crippen LogP contribution >= 0.6 is 0 Å². The monoisotopic (exact) mass is 1110 g/mol. The number of esters is 1. The maximum atomic E-state index is 14.4. The lowest BCUT2D eigenvalue weighted by Crippen LogP contribution is -2.66. The first-order valence-corrected chi connectivity index (χ1v) is 27.6. The number of nitrogens with two attached hydrogens (primary N) is 1. The Morgan fingerprint density at radius 2 is 1.29 bits per heavy atom. The smallest absolute Gasteiger partial charge is 0.308 e. The molecule has 420 valence electrons. The summed E-state index contributed by atoms with van der Waals surface area (Å²) in [7, 11) is -5.24. The van der Waals surface area contributed by atoms with Crippen molar-refractivity contribution < 1.29 is 64.6 Å². The van der Waals surface area contributed by atoms with Crippen molar-refractivity contribution in [2.24, 2.45) is 10.7 Å². The topological polar surface area (TPSA) is 341 Å². The van der Waals surface area contributed by atoms with Crippen LogP contribution in [0.4, 0.5) is 0 Å². The fourth-order valence-corrected chi connectivity index (χ4v) is 11.9. The van der Waals surface area contributed by atoms with Gasteiger partial charge in [-0.1, -0.05) is 24.3 Å².